The maximum atomic E-state index is 12.2. The molecule has 0 bridgehead atoms. The molecule has 1 aromatic heterocycles. The molecule has 3 N–H and O–H groups in total. The van der Waals surface area contributed by atoms with E-state index in [4.69, 9.17) is 5.73 Å². The van der Waals surface area contributed by atoms with Crippen LogP contribution >= 0.6 is 12.4 Å². The van der Waals surface area contributed by atoms with Gasteiger partial charge in [-0.3, -0.25) is 9.78 Å². The summed E-state index contributed by atoms with van der Waals surface area (Å²) in [6.45, 7) is 0.366. The van der Waals surface area contributed by atoms with Gasteiger partial charge in [-0.25, -0.2) is 0 Å². The Morgan fingerprint density at radius 2 is 1.90 bits per heavy atom. The molecule has 1 aromatic rings. The molecule has 1 aliphatic rings. The van der Waals surface area contributed by atoms with Crippen LogP contribution in [0.25, 0.3) is 0 Å². The Labute approximate surface area is 126 Å². The molecule has 1 amide bonds. The second kappa shape index (κ2) is 8.93. The van der Waals surface area contributed by atoms with E-state index >= 15 is 0 Å². The molecule has 0 unspecified atom stereocenters. The monoisotopic (exact) mass is 297 g/mol. The number of carbonyl (C=O) groups excluding carboxylic acids is 1. The SMILES string of the molecule is Cl.NCc1cc(C(=O)NC2CCCCCCC2)ccn1. The summed E-state index contributed by atoms with van der Waals surface area (Å²) in [5.41, 5.74) is 6.97. The van der Waals surface area contributed by atoms with Gasteiger partial charge in [-0.05, 0) is 25.0 Å². The Kier molecular flexibility index (Phi) is 7.55. The molecule has 0 spiro atoms. The molecule has 0 aromatic carbocycles. The average Bonchev–Trinajstić information content (AvgIpc) is 2.41. The standard InChI is InChI=1S/C15H23N3O.ClH/c16-11-14-10-12(8-9-17-14)15(19)18-13-6-4-2-1-3-5-7-13;/h8-10,13H,1-7,11,16H2,(H,18,19);1H. The number of nitrogens with zero attached hydrogens (tertiary/aromatic N) is 1. The first-order valence-corrected chi connectivity index (χ1v) is 7.25. The van der Waals surface area contributed by atoms with Gasteiger partial charge in [-0.15, -0.1) is 12.4 Å². The number of pyridine rings is 1. The van der Waals surface area contributed by atoms with Crippen molar-refractivity contribution in [2.45, 2.75) is 57.5 Å². The van der Waals surface area contributed by atoms with Crippen LogP contribution in [0.5, 0.6) is 0 Å². The zero-order valence-corrected chi connectivity index (χ0v) is 12.6. The van der Waals surface area contributed by atoms with E-state index in [2.05, 4.69) is 10.3 Å². The van der Waals surface area contributed by atoms with Crippen LogP contribution in [0.1, 0.15) is 61.0 Å². The van der Waals surface area contributed by atoms with Crippen molar-refractivity contribution >= 4 is 18.3 Å². The van der Waals surface area contributed by atoms with E-state index in [1.54, 1.807) is 18.3 Å². The van der Waals surface area contributed by atoms with Crippen molar-refractivity contribution in [3.63, 3.8) is 0 Å². The predicted octanol–water partition coefficient (Wildman–Crippen LogP) is 2.80. The van der Waals surface area contributed by atoms with Crippen molar-refractivity contribution in [1.29, 1.82) is 0 Å². The lowest BCUT2D eigenvalue weighted by molar-refractivity contribution is 0.0930. The molecule has 4 nitrogen and oxygen atoms in total. The third kappa shape index (κ3) is 5.10. The number of rotatable bonds is 3. The van der Waals surface area contributed by atoms with Crippen molar-refractivity contribution in [2.24, 2.45) is 5.73 Å². The molecule has 0 aliphatic heterocycles. The van der Waals surface area contributed by atoms with E-state index in [1.165, 1.54) is 32.1 Å². The third-order valence-corrected chi connectivity index (χ3v) is 3.73. The minimum absolute atomic E-state index is 0. The second-order valence-electron chi connectivity index (χ2n) is 5.26. The summed E-state index contributed by atoms with van der Waals surface area (Å²) >= 11 is 0. The summed E-state index contributed by atoms with van der Waals surface area (Å²) in [5, 5.41) is 3.15. The molecule has 112 valence electrons. The molecule has 1 heterocycles. The number of hydrogen-bond donors (Lipinski definition) is 2. The first-order chi connectivity index (χ1) is 9.29. The van der Waals surface area contributed by atoms with E-state index in [0.29, 0.717) is 18.2 Å². The van der Waals surface area contributed by atoms with Gasteiger partial charge in [0.05, 0.1) is 5.69 Å². The maximum absolute atomic E-state index is 12.2. The Morgan fingerprint density at radius 1 is 1.25 bits per heavy atom. The topological polar surface area (TPSA) is 68.0 Å². The summed E-state index contributed by atoms with van der Waals surface area (Å²) in [7, 11) is 0. The Hall–Kier alpha value is -1.13. The van der Waals surface area contributed by atoms with Crippen LogP contribution in [0.15, 0.2) is 18.3 Å². The Bertz CT molecular complexity index is 417. The maximum Gasteiger partial charge on any atom is 0.251 e. The molecule has 0 saturated heterocycles. The van der Waals surface area contributed by atoms with Gasteiger partial charge in [0.1, 0.15) is 0 Å². The van der Waals surface area contributed by atoms with Gasteiger partial charge in [-0.2, -0.15) is 0 Å². The van der Waals surface area contributed by atoms with Crippen LogP contribution in [-0.2, 0) is 6.54 Å². The number of nitrogens with two attached hydrogens (primary N) is 1. The van der Waals surface area contributed by atoms with Crippen LogP contribution in [0, 0.1) is 0 Å². The lowest BCUT2D eigenvalue weighted by atomic mass is 9.96. The van der Waals surface area contributed by atoms with Crippen LogP contribution in [0.3, 0.4) is 0 Å². The van der Waals surface area contributed by atoms with Crippen LogP contribution < -0.4 is 11.1 Å². The highest BCUT2D eigenvalue weighted by molar-refractivity contribution is 5.94. The zero-order chi connectivity index (χ0) is 13.5. The molecular weight excluding hydrogens is 274 g/mol. The summed E-state index contributed by atoms with van der Waals surface area (Å²) in [5.74, 6) is 0.00248. The minimum Gasteiger partial charge on any atom is -0.349 e. The van der Waals surface area contributed by atoms with Gasteiger partial charge in [0.15, 0.2) is 0 Å². The number of carbonyl (C=O) groups is 1. The molecule has 0 radical (unpaired) electrons. The van der Waals surface area contributed by atoms with Crippen molar-refractivity contribution in [3.8, 4) is 0 Å². The largest absolute Gasteiger partial charge is 0.349 e. The summed E-state index contributed by atoms with van der Waals surface area (Å²) < 4.78 is 0. The molecule has 20 heavy (non-hydrogen) atoms. The number of hydrogen-bond acceptors (Lipinski definition) is 3. The van der Waals surface area contributed by atoms with Crippen LogP contribution in [-0.4, -0.2) is 16.9 Å². The van der Waals surface area contributed by atoms with Crippen molar-refractivity contribution < 1.29 is 4.79 Å². The van der Waals surface area contributed by atoms with Gasteiger partial charge >= 0.3 is 0 Å². The molecule has 1 saturated carbocycles. The van der Waals surface area contributed by atoms with Gasteiger partial charge in [0.2, 0.25) is 0 Å². The quantitative estimate of drug-likeness (QED) is 0.901. The van der Waals surface area contributed by atoms with Gasteiger partial charge in [0, 0.05) is 24.3 Å². The fourth-order valence-electron chi connectivity index (χ4n) is 2.60. The highest BCUT2D eigenvalue weighted by atomic mass is 35.5. The van der Waals surface area contributed by atoms with Crippen molar-refractivity contribution in [2.75, 3.05) is 0 Å². The van der Waals surface area contributed by atoms with Gasteiger partial charge < -0.3 is 11.1 Å². The molecule has 0 atom stereocenters. The second-order valence-corrected chi connectivity index (χ2v) is 5.26. The Balaban J connectivity index is 0.00000200. The van der Waals surface area contributed by atoms with E-state index in [1.807, 2.05) is 0 Å². The summed E-state index contributed by atoms with van der Waals surface area (Å²) in [6, 6.07) is 3.85. The first kappa shape index (κ1) is 16.9. The highest BCUT2D eigenvalue weighted by Gasteiger charge is 2.15. The first-order valence-electron chi connectivity index (χ1n) is 7.25. The van der Waals surface area contributed by atoms with E-state index in [-0.39, 0.29) is 18.3 Å². The van der Waals surface area contributed by atoms with E-state index in [9.17, 15) is 4.79 Å². The Morgan fingerprint density at radius 3 is 2.55 bits per heavy atom. The fraction of sp³-hybridized carbons (Fsp3) is 0.600. The zero-order valence-electron chi connectivity index (χ0n) is 11.8. The molecule has 5 heteroatoms. The number of aromatic nitrogens is 1. The minimum atomic E-state index is 0. The average molecular weight is 298 g/mol. The molecule has 2 rings (SSSR count). The summed E-state index contributed by atoms with van der Waals surface area (Å²) in [6.07, 6.45) is 10.2. The van der Waals surface area contributed by atoms with Crippen LogP contribution in [0.2, 0.25) is 0 Å². The molecule has 1 aliphatic carbocycles. The summed E-state index contributed by atoms with van der Waals surface area (Å²) in [4.78, 5) is 16.3. The number of amides is 1. The van der Waals surface area contributed by atoms with E-state index in [0.717, 1.165) is 18.5 Å². The molecular formula is C15H24ClN3O. The van der Waals surface area contributed by atoms with Crippen molar-refractivity contribution in [1.82, 2.24) is 10.3 Å². The number of nitrogens with one attached hydrogen (secondary N) is 1. The fourth-order valence-corrected chi connectivity index (χ4v) is 2.60. The van der Waals surface area contributed by atoms with E-state index < -0.39 is 0 Å². The van der Waals surface area contributed by atoms with Crippen molar-refractivity contribution in [3.05, 3.63) is 29.6 Å². The third-order valence-electron chi connectivity index (χ3n) is 3.73. The normalized spacial score (nSPS) is 16.6. The molecule has 1 fully saturated rings. The van der Waals surface area contributed by atoms with Gasteiger partial charge in [-0.1, -0.05) is 32.1 Å². The predicted molar refractivity (Wildman–Crippen MR) is 82.9 cm³/mol. The smallest absolute Gasteiger partial charge is 0.251 e. The number of halogens is 1. The van der Waals surface area contributed by atoms with Crippen LogP contribution in [0.4, 0.5) is 0 Å². The lowest BCUT2D eigenvalue weighted by Gasteiger charge is -2.21. The highest BCUT2D eigenvalue weighted by Crippen LogP contribution is 2.17. The lowest BCUT2D eigenvalue weighted by Crippen LogP contribution is -2.35. The van der Waals surface area contributed by atoms with Gasteiger partial charge in [0.25, 0.3) is 5.91 Å².